The second-order valence-corrected chi connectivity index (χ2v) is 4.88. The van der Waals surface area contributed by atoms with E-state index in [0.29, 0.717) is 5.39 Å². The van der Waals surface area contributed by atoms with Crippen molar-refractivity contribution in [3.63, 3.8) is 0 Å². The highest BCUT2D eigenvalue weighted by Gasteiger charge is 2.07. The van der Waals surface area contributed by atoms with E-state index in [1.54, 1.807) is 6.07 Å². The summed E-state index contributed by atoms with van der Waals surface area (Å²) in [5, 5.41) is 0.421. The van der Waals surface area contributed by atoms with Crippen LogP contribution in [0.2, 0.25) is 0 Å². The monoisotopic (exact) mass is 331 g/mol. The standard InChI is InChI=1S/C12H11FINO/c1-2-3-8-6-11(16)9-4-7(13)5-10(14)12(9)15-8/h4-6H,2-3H2,1H3,(H,15,16). The Morgan fingerprint density at radius 2 is 2.12 bits per heavy atom. The van der Waals surface area contributed by atoms with Crippen LogP contribution >= 0.6 is 22.6 Å². The largest absolute Gasteiger partial charge is 0.357 e. The minimum absolute atomic E-state index is 0.116. The van der Waals surface area contributed by atoms with Crippen LogP contribution in [-0.4, -0.2) is 4.98 Å². The first-order valence-corrected chi connectivity index (χ1v) is 6.20. The van der Waals surface area contributed by atoms with E-state index in [4.69, 9.17) is 0 Å². The fourth-order valence-corrected chi connectivity index (χ4v) is 2.45. The summed E-state index contributed by atoms with van der Waals surface area (Å²) in [5.41, 5.74) is 1.53. The first kappa shape index (κ1) is 11.6. The number of rotatable bonds is 2. The van der Waals surface area contributed by atoms with E-state index >= 15 is 0 Å². The highest BCUT2D eigenvalue weighted by Crippen LogP contribution is 2.18. The predicted molar refractivity (Wildman–Crippen MR) is 71.2 cm³/mol. The Kier molecular flexibility index (Phi) is 3.28. The Hall–Kier alpha value is -0.910. The summed E-state index contributed by atoms with van der Waals surface area (Å²) < 4.78 is 13.9. The van der Waals surface area contributed by atoms with E-state index in [9.17, 15) is 9.18 Å². The summed E-state index contributed by atoms with van der Waals surface area (Å²) in [5.74, 6) is -0.370. The maximum atomic E-state index is 13.2. The van der Waals surface area contributed by atoms with Crippen molar-refractivity contribution < 1.29 is 4.39 Å². The Bertz CT molecular complexity index is 591. The molecule has 0 aliphatic carbocycles. The van der Waals surface area contributed by atoms with Gasteiger partial charge >= 0.3 is 0 Å². The third-order valence-corrected chi connectivity index (χ3v) is 3.28. The molecule has 16 heavy (non-hydrogen) atoms. The zero-order valence-electron chi connectivity index (χ0n) is 8.81. The molecule has 0 fully saturated rings. The first-order chi connectivity index (χ1) is 7.61. The van der Waals surface area contributed by atoms with E-state index < -0.39 is 0 Å². The summed E-state index contributed by atoms with van der Waals surface area (Å²) in [6.45, 7) is 2.05. The molecule has 0 aliphatic heterocycles. The maximum Gasteiger partial charge on any atom is 0.189 e. The van der Waals surface area contributed by atoms with E-state index in [1.165, 1.54) is 12.1 Å². The number of hydrogen-bond acceptors (Lipinski definition) is 1. The number of H-pyrrole nitrogens is 1. The molecule has 0 saturated carbocycles. The molecule has 0 amide bonds. The maximum absolute atomic E-state index is 13.2. The van der Waals surface area contributed by atoms with Gasteiger partial charge in [-0.05, 0) is 41.1 Å². The van der Waals surface area contributed by atoms with Crippen molar-refractivity contribution in [3.05, 3.63) is 43.5 Å². The number of aromatic amines is 1. The SMILES string of the molecule is CCCc1cc(=O)c2cc(F)cc(I)c2[nH]1. The average molecular weight is 331 g/mol. The Balaban J connectivity index is 2.77. The Morgan fingerprint density at radius 1 is 1.38 bits per heavy atom. The van der Waals surface area contributed by atoms with Crippen molar-refractivity contribution in [3.8, 4) is 0 Å². The summed E-state index contributed by atoms with van der Waals surface area (Å²) in [6.07, 6.45) is 1.80. The summed E-state index contributed by atoms with van der Waals surface area (Å²) >= 11 is 2.04. The van der Waals surface area contributed by atoms with E-state index in [0.717, 1.165) is 27.6 Å². The molecule has 4 heteroatoms. The van der Waals surface area contributed by atoms with Gasteiger partial charge < -0.3 is 4.98 Å². The molecule has 84 valence electrons. The van der Waals surface area contributed by atoms with Gasteiger partial charge in [0.15, 0.2) is 5.43 Å². The number of benzene rings is 1. The molecule has 2 rings (SSSR count). The molecular formula is C12H11FINO. The van der Waals surface area contributed by atoms with Crippen LogP contribution in [0.4, 0.5) is 4.39 Å². The van der Waals surface area contributed by atoms with E-state index in [1.807, 2.05) is 22.6 Å². The molecule has 0 radical (unpaired) electrons. The van der Waals surface area contributed by atoms with Gasteiger partial charge in [-0.1, -0.05) is 13.3 Å². The number of halogens is 2. The zero-order chi connectivity index (χ0) is 11.7. The van der Waals surface area contributed by atoms with Crippen molar-refractivity contribution in [2.45, 2.75) is 19.8 Å². The average Bonchev–Trinajstić information content (AvgIpc) is 2.20. The third-order valence-electron chi connectivity index (χ3n) is 2.43. The molecule has 0 bridgehead atoms. The number of pyridine rings is 1. The van der Waals surface area contributed by atoms with Crippen molar-refractivity contribution >= 4 is 33.5 Å². The molecule has 2 nitrogen and oxygen atoms in total. The van der Waals surface area contributed by atoms with Gasteiger partial charge in [0.25, 0.3) is 0 Å². The van der Waals surface area contributed by atoms with Gasteiger partial charge in [0, 0.05) is 20.7 Å². The topological polar surface area (TPSA) is 32.9 Å². The van der Waals surface area contributed by atoms with E-state index in [2.05, 4.69) is 11.9 Å². The van der Waals surface area contributed by atoms with Crippen LogP contribution in [0.3, 0.4) is 0 Å². The number of hydrogen-bond donors (Lipinski definition) is 1. The lowest BCUT2D eigenvalue weighted by molar-refractivity contribution is 0.628. The molecule has 0 spiro atoms. The smallest absolute Gasteiger partial charge is 0.189 e. The molecule has 1 heterocycles. The number of fused-ring (bicyclic) bond motifs is 1. The number of aromatic nitrogens is 1. The highest BCUT2D eigenvalue weighted by molar-refractivity contribution is 14.1. The molecule has 1 N–H and O–H groups in total. The fraction of sp³-hybridized carbons (Fsp3) is 0.250. The number of nitrogens with one attached hydrogen (secondary N) is 1. The lowest BCUT2D eigenvalue weighted by atomic mass is 10.1. The van der Waals surface area contributed by atoms with Crippen molar-refractivity contribution in [2.24, 2.45) is 0 Å². The van der Waals surface area contributed by atoms with Crippen LogP contribution < -0.4 is 5.43 Å². The highest BCUT2D eigenvalue weighted by atomic mass is 127. The second kappa shape index (κ2) is 4.53. The fourth-order valence-electron chi connectivity index (χ4n) is 1.73. The molecule has 0 atom stereocenters. The normalized spacial score (nSPS) is 10.9. The number of aryl methyl sites for hydroxylation is 1. The third kappa shape index (κ3) is 2.11. The summed E-state index contributed by atoms with van der Waals surface area (Å²) in [7, 11) is 0. The van der Waals surface area contributed by atoms with Crippen LogP contribution in [0.1, 0.15) is 19.0 Å². The van der Waals surface area contributed by atoms with Gasteiger partial charge in [0.1, 0.15) is 5.82 Å². The van der Waals surface area contributed by atoms with Gasteiger partial charge in [0.05, 0.1) is 5.52 Å². The minimum atomic E-state index is -0.370. The lowest BCUT2D eigenvalue weighted by Gasteiger charge is -2.05. The van der Waals surface area contributed by atoms with Gasteiger partial charge in [-0.25, -0.2) is 4.39 Å². The zero-order valence-corrected chi connectivity index (χ0v) is 11.0. The van der Waals surface area contributed by atoms with Crippen molar-refractivity contribution in [1.29, 1.82) is 0 Å². The molecule has 1 aromatic heterocycles. The van der Waals surface area contributed by atoms with Crippen LogP contribution in [0.5, 0.6) is 0 Å². The Labute approximate surface area is 106 Å². The van der Waals surface area contributed by atoms with Gasteiger partial charge in [-0.15, -0.1) is 0 Å². The molecular weight excluding hydrogens is 320 g/mol. The molecule has 0 unspecified atom stereocenters. The summed E-state index contributed by atoms with van der Waals surface area (Å²) in [6, 6.07) is 4.27. The molecule has 1 aromatic carbocycles. The predicted octanol–water partition coefficient (Wildman–Crippen LogP) is 3.22. The van der Waals surface area contributed by atoms with Gasteiger partial charge in [-0.3, -0.25) is 4.79 Å². The van der Waals surface area contributed by atoms with Crippen molar-refractivity contribution in [1.82, 2.24) is 4.98 Å². The van der Waals surface area contributed by atoms with Gasteiger partial charge in [-0.2, -0.15) is 0 Å². The van der Waals surface area contributed by atoms with Crippen LogP contribution in [0.25, 0.3) is 10.9 Å². The van der Waals surface area contributed by atoms with Crippen LogP contribution in [0, 0.1) is 9.39 Å². The molecule has 2 aromatic rings. The van der Waals surface area contributed by atoms with Crippen LogP contribution in [-0.2, 0) is 6.42 Å². The van der Waals surface area contributed by atoms with E-state index in [-0.39, 0.29) is 11.2 Å². The lowest BCUT2D eigenvalue weighted by Crippen LogP contribution is -2.06. The molecule has 0 aliphatic rings. The second-order valence-electron chi connectivity index (χ2n) is 3.72. The minimum Gasteiger partial charge on any atom is -0.357 e. The quantitative estimate of drug-likeness (QED) is 0.842. The molecule has 0 saturated heterocycles. The van der Waals surface area contributed by atoms with Gasteiger partial charge in [0.2, 0.25) is 0 Å². The summed E-state index contributed by atoms with van der Waals surface area (Å²) in [4.78, 5) is 15.0. The first-order valence-electron chi connectivity index (χ1n) is 5.12. The Morgan fingerprint density at radius 3 is 2.81 bits per heavy atom. The van der Waals surface area contributed by atoms with Crippen molar-refractivity contribution in [2.75, 3.05) is 0 Å². The van der Waals surface area contributed by atoms with Crippen LogP contribution in [0.15, 0.2) is 23.0 Å².